The van der Waals surface area contributed by atoms with Gasteiger partial charge < -0.3 is 15.7 Å². The molecule has 1 saturated carbocycles. The van der Waals surface area contributed by atoms with Gasteiger partial charge in [0.15, 0.2) is 0 Å². The van der Waals surface area contributed by atoms with Gasteiger partial charge >= 0.3 is 12.0 Å². The van der Waals surface area contributed by atoms with E-state index in [1.807, 2.05) is 36.0 Å². The van der Waals surface area contributed by atoms with Gasteiger partial charge in [0, 0.05) is 11.7 Å². The normalized spacial score (nSPS) is 20.7. The van der Waals surface area contributed by atoms with Crippen molar-refractivity contribution >= 4 is 29.4 Å². The zero-order valence-corrected chi connectivity index (χ0v) is 14.2. The maximum Gasteiger partial charge on any atom is 0.319 e. The Labute approximate surface area is 141 Å². The van der Waals surface area contributed by atoms with Gasteiger partial charge in [-0.1, -0.05) is 12.1 Å². The highest BCUT2D eigenvalue weighted by Crippen LogP contribution is 2.24. The monoisotopic (exact) mass is 336 g/mol. The molecule has 2 amide bonds. The molecule has 126 valence electrons. The number of rotatable bonds is 6. The van der Waals surface area contributed by atoms with Crippen molar-refractivity contribution in [1.82, 2.24) is 5.32 Å². The highest BCUT2D eigenvalue weighted by Gasteiger charge is 2.26. The first-order valence-electron chi connectivity index (χ1n) is 7.96. The van der Waals surface area contributed by atoms with Gasteiger partial charge in [-0.25, -0.2) is 4.79 Å². The first-order valence-corrected chi connectivity index (χ1v) is 9.36. The molecule has 0 aliphatic heterocycles. The van der Waals surface area contributed by atoms with Gasteiger partial charge in [0.2, 0.25) is 0 Å². The average Bonchev–Trinajstić information content (AvgIpc) is 2.54. The van der Waals surface area contributed by atoms with Crippen molar-refractivity contribution in [3.63, 3.8) is 0 Å². The zero-order valence-electron chi connectivity index (χ0n) is 13.4. The number of hydrogen-bond donors (Lipinski definition) is 3. The molecule has 0 bridgehead atoms. The van der Waals surface area contributed by atoms with E-state index in [1.165, 1.54) is 5.56 Å². The van der Waals surface area contributed by atoms with Gasteiger partial charge in [0.05, 0.1) is 5.92 Å². The molecule has 1 aromatic rings. The topological polar surface area (TPSA) is 78.4 Å². The van der Waals surface area contributed by atoms with E-state index in [0.717, 1.165) is 30.7 Å². The highest BCUT2D eigenvalue weighted by molar-refractivity contribution is 7.98. The number of urea groups is 1. The third kappa shape index (κ3) is 5.78. The molecule has 2 rings (SSSR count). The van der Waals surface area contributed by atoms with E-state index in [0.29, 0.717) is 12.8 Å². The van der Waals surface area contributed by atoms with E-state index in [1.54, 1.807) is 0 Å². The molecule has 0 saturated heterocycles. The molecule has 5 nitrogen and oxygen atoms in total. The third-order valence-electron chi connectivity index (χ3n) is 4.22. The average molecular weight is 336 g/mol. The van der Waals surface area contributed by atoms with E-state index >= 15 is 0 Å². The molecule has 23 heavy (non-hydrogen) atoms. The van der Waals surface area contributed by atoms with Crippen LogP contribution >= 0.6 is 11.8 Å². The van der Waals surface area contributed by atoms with Gasteiger partial charge in [0.25, 0.3) is 0 Å². The van der Waals surface area contributed by atoms with Crippen LogP contribution < -0.4 is 10.6 Å². The van der Waals surface area contributed by atoms with Crippen molar-refractivity contribution < 1.29 is 14.7 Å². The zero-order chi connectivity index (χ0) is 16.7. The predicted molar refractivity (Wildman–Crippen MR) is 94.1 cm³/mol. The minimum Gasteiger partial charge on any atom is -0.481 e. The lowest BCUT2D eigenvalue weighted by Gasteiger charge is -2.26. The number of aryl methyl sites for hydroxylation is 1. The summed E-state index contributed by atoms with van der Waals surface area (Å²) in [7, 11) is 0. The number of carbonyl (C=O) groups excluding carboxylic acids is 1. The number of thioether (sulfide) groups is 1. The summed E-state index contributed by atoms with van der Waals surface area (Å²) in [6.45, 7) is 0. The van der Waals surface area contributed by atoms with Crippen molar-refractivity contribution in [1.29, 1.82) is 0 Å². The van der Waals surface area contributed by atoms with E-state index in [4.69, 9.17) is 5.11 Å². The lowest BCUT2D eigenvalue weighted by molar-refractivity contribution is -0.142. The molecule has 1 aliphatic rings. The molecule has 0 radical (unpaired) electrons. The Balaban J connectivity index is 1.75. The third-order valence-corrected chi connectivity index (χ3v) is 4.83. The molecule has 0 spiro atoms. The van der Waals surface area contributed by atoms with E-state index in [9.17, 15) is 9.59 Å². The van der Waals surface area contributed by atoms with Crippen LogP contribution in [-0.2, 0) is 11.2 Å². The molecule has 1 aliphatic carbocycles. The highest BCUT2D eigenvalue weighted by atomic mass is 32.2. The summed E-state index contributed by atoms with van der Waals surface area (Å²) in [6, 6.07) is 7.73. The van der Waals surface area contributed by atoms with Crippen LogP contribution in [0.5, 0.6) is 0 Å². The fourth-order valence-corrected chi connectivity index (χ4v) is 3.25. The van der Waals surface area contributed by atoms with E-state index in [-0.39, 0.29) is 18.0 Å². The maximum atomic E-state index is 12.0. The van der Waals surface area contributed by atoms with Crippen molar-refractivity contribution in [2.24, 2.45) is 5.92 Å². The Kier molecular flexibility index (Phi) is 6.77. The van der Waals surface area contributed by atoms with Crippen LogP contribution in [0.2, 0.25) is 0 Å². The number of anilines is 1. The first kappa shape index (κ1) is 17.7. The Morgan fingerprint density at radius 2 is 1.83 bits per heavy atom. The van der Waals surface area contributed by atoms with Crippen molar-refractivity contribution in [2.45, 2.75) is 38.1 Å². The summed E-state index contributed by atoms with van der Waals surface area (Å²) in [6.07, 6.45) is 5.81. The predicted octanol–water partition coefficient (Wildman–Crippen LogP) is 3.36. The molecular formula is C17H24N2O3S. The SMILES string of the molecule is CSCCc1ccc(NC(=O)NC2CCC(C(=O)O)CC2)cc1. The van der Waals surface area contributed by atoms with Crippen LogP contribution in [0.3, 0.4) is 0 Å². The van der Waals surface area contributed by atoms with Crippen LogP contribution in [0.4, 0.5) is 10.5 Å². The van der Waals surface area contributed by atoms with Crippen LogP contribution in [0.1, 0.15) is 31.2 Å². The molecule has 0 unspecified atom stereocenters. The molecule has 1 aromatic carbocycles. The minimum absolute atomic E-state index is 0.0615. The summed E-state index contributed by atoms with van der Waals surface area (Å²) < 4.78 is 0. The summed E-state index contributed by atoms with van der Waals surface area (Å²) in [4.78, 5) is 22.9. The number of carboxylic acids is 1. The second kappa shape index (κ2) is 8.82. The lowest BCUT2D eigenvalue weighted by atomic mass is 9.86. The fourth-order valence-electron chi connectivity index (χ4n) is 2.81. The quantitative estimate of drug-likeness (QED) is 0.744. The second-order valence-electron chi connectivity index (χ2n) is 5.92. The summed E-state index contributed by atoms with van der Waals surface area (Å²) in [5.74, 6) is 0.103. The molecule has 0 atom stereocenters. The summed E-state index contributed by atoms with van der Waals surface area (Å²) in [5, 5.41) is 14.7. The van der Waals surface area contributed by atoms with Gasteiger partial charge in [-0.05, 0) is 61.8 Å². The number of carboxylic acid groups (broad SMARTS) is 1. The Morgan fingerprint density at radius 3 is 2.39 bits per heavy atom. The number of benzene rings is 1. The fraction of sp³-hybridized carbons (Fsp3) is 0.529. The van der Waals surface area contributed by atoms with Crippen LogP contribution in [-0.4, -0.2) is 35.2 Å². The Hall–Kier alpha value is -1.69. The minimum atomic E-state index is -0.727. The number of carbonyl (C=O) groups is 2. The van der Waals surface area contributed by atoms with Crippen LogP contribution in [0.25, 0.3) is 0 Å². The number of hydrogen-bond acceptors (Lipinski definition) is 3. The van der Waals surface area contributed by atoms with Crippen LogP contribution in [0.15, 0.2) is 24.3 Å². The molecular weight excluding hydrogens is 312 g/mol. The van der Waals surface area contributed by atoms with Gasteiger partial charge in [-0.2, -0.15) is 11.8 Å². The van der Waals surface area contributed by atoms with Crippen LogP contribution in [0, 0.1) is 5.92 Å². The smallest absolute Gasteiger partial charge is 0.319 e. The van der Waals surface area contributed by atoms with Crippen molar-refractivity contribution in [3.8, 4) is 0 Å². The Morgan fingerprint density at radius 1 is 1.17 bits per heavy atom. The summed E-state index contributed by atoms with van der Waals surface area (Å²) >= 11 is 1.82. The molecule has 0 aromatic heterocycles. The number of amides is 2. The largest absolute Gasteiger partial charge is 0.481 e. The van der Waals surface area contributed by atoms with Gasteiger partial charge in [-0.3, -0.25) is 4.79 Å². The molecule has 6 heteroatoms. The number of aliphatic carboxylic acids is 1. The standard InChI is InChI=1S/C17H24N2O3S/c1-23-11-10-12-2-6-14(7-3-12)18-17(22)19-15-8-4-13(5-9-15)16(20)21/h2-3,6-7,13,15H,4-5,8-11H2,1H3,(H,20,21)(H2,18,19,22). The molecule has 1 fully saturated rings. The van der Waals surface area contributed by atoms with Crippen molar-refractivity contribution in [2.75, 3.05) is 17.3 Å². The lowest BCUT2D eigenvalue weighted by Crippen LogP contribution is -2.40. The number of nitrogens with one attached hydrogen (secondary N) is 2. The van der Waals surface area contributed by atoms with Crippen molar-refractivity contribution in [3.05, 3.63) is 29.8 Å². The Bertz CT molecular complexity index is 525. The first-order chi connectivity index (χ1) is 11.1. The van der Waals surface area contributed by atoms with E-state index < -0.39 is 5.97 Å². The van der Waals surface area contributed by atoms with E-state index in [2.05, 4.69) is 16.9 Å². The summed E-state index contributed by atoms with van der Waals surface area (Å²) in [5.41, 5.74) is 2.03. The van der Waals surface area contributed by atoms with Gasteiger partial charge in [-0.15, -0.1) is 0 Å². The molecule has 3 N–H and O–H groups in total. The molecule has 0 heterocycles. The van der Waals surface area contributed by atoms with Gasteiger partial charge in [0.1, 0.15) is 0 Å². The maximum absolute atomic E-state index is 12.0. The second-order valence-corrected chi connectivity index (χ2v) is 6.91.